The quantitative estimate of drug-likeness (QED) is 0.550. The summed E-state index contributed by atoms with van der Waals surface area (Å²) in [5.41, 5.74) is 2.32. The highest BCUT2D eigenvalue weighted by Crippen LogP contribution is 2.19. The molecule has 3 aromatic rings. The number of carbonyl (C=O) groups excluding carboxylic acids is 2. The molecule has 2 aromatic carbocycles. The van der Waals surface area contributed by atoms with Gasteiger partial charge in [-0.3, -0.25) is 9.59 Å². The van der Waals surface area contributed by atoms with Crippen molar-refractivity contribution in [1.29, 1.82) is 0 Å². The standard InChI is InChI=1S/C25H28FN5O3/c1-18-17-19(7-8-21(18)26)25-28-23(34-29-25)10-9-22(32)27-12-11-24(33)31-15-13-30(14-16-31)20-5-3-2-4-6-20/h2-8,17H,9-16H2,1H3,(H,27,32). The average Bonchev–Trinajstić information content (AvgIpc) is 3.34. The molecule has 1 aliphatic heterocycles. The third-order valence-electron chi connectivity index (χ3n) is 5.86. The third kappa shape index (κ3) is 5.98. The largest absolute Gasteiger partial charge is 0.368 e. The van der Waals surface area contributed by atoms with Crippen LogP contribution in [0, 0.1) is 12.7 Å². The highest BCUT2D eigenvalue weighted by atomic mass is 19.1. The molecule has 178 valence electrons. The van der Waals surface area contributed by atoms with Gasteiger partial charge in [0, 0.05) is 63.2 Å². The van der Waals surface area contributed by atoms with Gasteiger partial charge in [0.05, 0.1) is 0 Å². The fourth-order valence-electron chi connectivity index (χ4n) is 3.89. The molecule has 4 rings (SSSR count). The molecule has 0 saturated carbocycles. The zero-order valence-electron chi connectivity index (χ0n) is 19.2. The van der Waals surface area contributed by atoms with Gasteiger partial charge in [-0.2, -0.15) is 4.98 Å². The van der Waals surface area contributed by atoms with E-state index in [4.69, 9.17) is 4.52 Å². The first-order valence-electron chi connectivity index (χ1n) is 11.4. The van der Waals surface area contributed by atoms with Crippen LogP contribution < -0.4 is 10.2 Å². The van der Waals surface area contributed by atoms with E-state index >= 15 is 0 Å². The second-order valence-corrected chi connectivity index (χ2v) is 8.28. The van der Waals surface area contributed by atoms with Crippen LogP contribution in [0.25, 0.3) is 11.4 Å². The number of benzene rings is 2. The van der Waals surface area contributed by atoms with Crippen LogP contribution in [0.5, 0.6) is 0 Å². The fourth-order valence-corrected chi connectivity index (χ4v) is 3.89. The maximum atomic E-state index is 13.4. The van der Waals surface area contributed by atoms with Gasteiger partial charge in [0.15, 0.2) is 0 Å². The first kappa shape index (κ1) is 23.4. The number of rotatable bonds is 8. The Morgan fingerprint density at radius 1 is 1.06 bits per heavy atom. The number of piperazine rings is 1. The number of aryl methyl sites for hydroxylation is 2. The number of hydrogen-bond acceptors (Lipinski definition) is 6. The zero-order chi connectivity index (χ0) is 23.9. The molecular formula is C25H28FN5O3. The normalized spacial score (nSPS) is 13.7. The Hall–Kier alpha value is -3.75. The predicted molar refractivity (Wildman–Crippen MR) is 126 cm³/mol. The van der Waals surface area contributed by atoms with Crippen molar-refractivity contribution >= 4 is 17.5 Å². The van der Waals surface area contributed by atoms with Crippen molar-refractivity contribution in [2.45, 2.75) is 26.2 Å². The Kier molecular flexibility index (Phi) is 7.51. The van der Waals surface area contributed by atoms with Gasteiger partial charge < -0.3 is 19.6 Å². The van der Waals surface area contributed by atoms with Crippen LogP contribution in [-0.2, 0) is 16.0 Å². The van der Waals surface area contributed by atoms with E-state index in [1.165, 1.54) is 11.8 Å². The molecule has 0 spiro atoms. The molecule has 2 amide bonds. The number of aromatic nitrogens is 2. The number of nitrogens with zero attached hydrogens (tertiary/aromatic N) is 4. The molecule has 0 aliphatic carbocycles. The van der Waals surface area contributed by atoms with Crippen LogP contribution in [0.3, 0.4) is 0 Å². The minimum Gasteiger partial charge on any atom is -0.368 e. The number of carbonyl (C=O) groups is 2. The molecule has 0 unspecified atom stereocenters. The minimum absolute atomic E-state index is 0.0455. The van der Waals surface area contributed by atoms with Gasteiger partial charge in [-0.05, 0) is 42.8 Å². The Morgan fingerprint density at radius 3 is 2.56 bits per heavy atom. The first-order chi connectivity index (χ1) is 16.5. The summed E-state index contributed by atoms with van der Waals surface area (Å²) in [6, 6.07) is 14.8. The molecule has 0 bridgehead atoms. The van der Waals surface area contributed by atoms with Crippen molar-refractivity contribution in [3.8, 4) is 11.4 Å². The van der Waals surface area contributed by atoms with Crippen molar-refractivity contribution in [3.05, 3.63) is 65.8 Å². The van der Waals surface area contributed by atoms with E-state index in [9.17, 15) is 14.0 Å². The van der Waals surface area contributed by atoms with Gasteiger partial charge in [-0.1, -0.05) is 23.4 Å². The van der Waals surface area contributed by atoms with Crippen LogP contribution in [0.4, 0.5) is 10.1 Å². The molecule has 1 aliphatic rings. The lowest BCUT2D eigenvalue weighted by Crippen LogP contribution is -2.49. The summed E-state index contributed by atoms with van der Waals surface area (Å²) in [7, 11) is 0. The molecule has 1 saturated heterocycles. The molecule has 0 radical (unpaired) electrons. The summed E-state index contributed by atoms with van der Waals surface area (Å²) in [4.78, 5) is 33.0. The zero-order valence-corrected chi connectivity index (χ0v) is 19.2. The second-order valence-electron chi connectivity index (χ2n) is 8.28. The first-order valence-corrected chi connectivity index (χ1v) is 11.4. The van der Waals surface area contributed by atoms with E-state index in [1.807, 2.05) is 23.1 Å². The van der Waals surface area contributed by atoms with Crippen LogP contribution in [-0.4, -0.2) is 59.6 Å². The molecule has 8 nitrogen and oxygen atoms in total. The van der Waals surface area contributed by atoms with Crippen LogP contribution in [0.1, 0.15) is 24.3 Å². The van der Waals surface area contributed by atoms with E-state index in [2.05, 4.69) is 32.5 Å². The molecule has 1 fully saturated rings. The Bertz CT molecular complexity index is 1130. The lowest BCUT2D eigenvalue weighted by atomic mass is 10.1. The monoisotopic (exact) mass is 465 g/mol. The van der Waals surface area contributed by atoms with E-state index in [0.29, 0.717) is 42.5 Å². The molecule has 34 heavy (non-hydrogen) atoms. The lowest BCUT2D eigenvalue weighted by molar-refractivity contribution is -0.131. The minimum atomic E-state index is -0.294. The van der Waals surface area contributed by atoms with Gasteiger partial charge >= 0.3 is 0 Å². The highest BCUT2D eigenvalue weighted by Gasteiger charge is 2.21. The van der Waals surface area contributed by atoms with Crippen molar-refractivity contribution < 1.29 is 18.5 Å². The molecule has 9 heteroatoms. The number of amides is 2. The Morgan fingerprint density at radius 2 is 1.82 bits per heavy atom. The maximum Gasteiger partial charge on any atom is 0.227 e. The van der Waals surface area contributed by atoms with Gasteiger partial charge in [-0.15, -0.1) is 0 Å². The number of para-hydroxylation sites is 1. The van der Waals surface area contributed by atoms with E-state index in [1.54, 1.807) is 19.1 Å². The molecule has 1 N–H and O–H groups in total. The highest BCUT2D eigenvalue weighted by molar-refractivity contribution is 5.79. The number of halogens is 1. The summed E-state index contributed by atoms with van der Waals surface area (Å²) in [5, 5.41) is 6.68. The van der Waals surface area contributed by atoms with E-state index < -0.39 is 0 Å². The molecule has 2 heterocycles. The molecular weight excluding hydrogens is 437 g/mol. The third-order valence-corrected chi connectivity index (χ3v) is 5.86. The van der Waals surface area contributed by atoms with Crippen LogP contribution in [0.2, 0.25) is 0 Å². The SMILES string of the molecule is Cc1cc(-c2noc(CCC(=O)NCCC(=O)N3CCN(c4ccccc4)CC3)n2)ccc1F. The van der Waals surface area contributed by atoms with Gasteiger partial charge in [0.2, 0.25) is 23.5 Å². The summed E-state index contributed by atoms with van der Waals surface area (Å²) in [5.74, 6) is 0.260. The fraction of sp³-hybridized carbons (Fsp3) is 0.360. The van der Waals surface area contributed by atoms with Crippen LogP contribution in [0.15, 0.2) is 53.1 Å². The number of anilines is 1. The number of nitrogens with one attached hydrogen (secondary N) is 1. The van der Waals surface area contributed by atoms with E-state index in [-0.39, 0.29) is 36.9 Å². The van der Waals surface area contributed by atoms with Crippen molar-refractivity contribution in [1.82, 2.24) is 20.4 Å². The predicted octanol–water partition coefficient (Wildman–Crippen LogP) is 2.97. The topological polar surface area (TPSA) is 91.6 Å². The van der Waals surface area contributed by atoms with Crippen LogP contribution >= 0.6 is 0 Å². The molecule has 0 atom stereocenters. The van der Waals surface area contributed by atoms with Crippen molar-refractivity contribution in [2.75, 3.05) is 37.6 Å². The van der Waals surface area contributed by atoms with Gasteiger partial charge in [0.1, 0.15) is 5.82 Å². The smallest absolute Gasteiger partial charge is 0.227 e. The Balaban J connectivity index is 1.15. The lowest BCUT2D eigenvalue weighted by Gasteiger charge is -2.36. The van der Waals surface area contributed by atoms with Crippen molar-refractivity contribution in [3.63, 3.8) is 0 Å². The van der Waals surface area contributed by atoms with Gasteiger partial charge in [0.25, 0.3) is 0 Å². The summed E-state index contributed by atoms with van der Waals surface area (Å²) in [6.07, 6.45) is 0.730. The number of hydrogen-bond donors (Lipinski definition) is 1. The Labute approximate surface area is 197 Å². The molecule has 1 aromatic heterocycles. The van der Waals surface area contributed by atoms with Crippen molar-refractivity contribution in [2.24, 2.45) is 0 Å². The summed E-state index contributed by atoms with van der Waals surface area (Å²) < 4.78 is 18.6. The maximum absolute atomic E-state index is 13.4. The summed E-state index contributed by atoms with van der Waals surface area (Å²) >= 11 is 0. The average molecular weight is 466 g/mol. The van der Waals surface area contributed by atoms with E-state index in [0.717, 1.165) is 13.1 Å². The van der Waals surface area contributed by atoms with Gasteiger partial charge in [-0.25, -0.2) is 4.39 Å². The summed E-state index contributed by atoms with van der Waals surface area (Å²) in [6.45, 7) is 4.90. The second kappa shape index (κ2) is 10.9.